The summed E-state index contributed by atoms with van der Waals surface area (Å²) in [4.78, 5) is 2.44. The topological polar surface area (TPSA) is 16.4 Å². The number of anilines is 3. The third kappa shape index (κ3) is 3.65. The van der Waals surface area contributed by atoms with Gasteiger partial charge in [-0.3, -0.25) is 0 Å². The Balaban J connectivity index is 1.35. The molecular weight excluding hydrogens is 558 g/mol. The second-order valence-corrected chi connectivity index (χ2v) is 12.1. The lowest BCUT2D eigenvalue weighted by Gasteiger charge is -2.28. The predicted octanol–water partition coefficient (Wildman–Crippen LogP) is 12.8. The molecule has 9 aromatic carbocycles. The highest BCUT2D eigenvalue weighted by atomic mass is 16.3. The van der Waals surface area contributed by atoms with Gasteiger partial charge in [-0.1, -0.05) is 115 Å². The molecule has 0 unspecified atom stereocenters. The number of rotatable bonds is 3. The van der Waals surface area contributed by atoms with Crippen molar-refractivity contribution in [1.82, 2.24) is 0 Å². The van der Waals surface area contributed by atoms with Crippen LogP contribution < -0.4 is 4.90 Å². The second kappa shape index (κ2) is 9.69. The smallest absolute Gasteiger partial charge is 0.136 e. The first-order valence-corrected chi connectivity index (χ1v) is 15.8. The van der Waals surface area contributed by atoms with E-state index < -0.39 is 0 Å². The Labute approximate surface area is 265 Å². The summed E-state index contributed by atoms with van der Waals surface area (Å²) in [6.45, 7) is 0. The Kier molecular flexibility index (Phi) is 5.31. The van der Waals surface area contributed by atoms with E-state index in [1.165, 1.54) is 59.2 Å². The second-order valence-electron chi connectivity index (χ2n) is 12.1. The van der Waals surface area contributed by atoms with Crippen molar-refractivity contribution in [3.63, 3.8) is 0 Å². The summed E-state index contributed by atoms with van der Waals surface area (Å²) in [5, 5.41) is 14.6. The normalized spacial score (nSPS) is 11.9. The Morgan fingerprint density at radius 1 is 0.326 bits per heavy atom. The van der Waals surface area contributed by atoms with Crippen LogP contribution in [0.3, 0.4) is 0 Å². The van der Waals surface area contributed by atoms with E-state index in [9.17, 15) is 0 Å². The fraction of sp³-hybridized carbons (Fsp3) is 0. The molecule has 0 aliphatic rings. The van der Waals surface area contributed by atoms with Crippen molar-refractivity contribution < 1.29 is 4.42 Å². The van der Waals surface area contributed by atoms with Crippen molar-refractivity contribution in [2.24, 2.45) is 0 Å². The molecule has 0 aliphatic heterocycles. The van der Waals surface area contributed by atoms with Crippen molar-refractivity contribution in [3.05, 3.63) is 164 Å². The maximum atomic E-state index is 6.36. The van der Waals surface area contributed by atoms with Gasteiger partial charge in [0.2, 0.25) is 0 Å². The monoisotopic (exact) mass is 585 g/mol. The van der Waals surface area contributed by atoms with Gasteiger partial charge in [-0.05, 0) is 91.6 Å². The third-order valence-electron chi connectivity index (χ3n) is 9.57. The molecular formula is C44H27NO. The maximum Gasteiger partial charge on any atom is 0.136 e. The van der Waals surface area contributed by atoms with Gasteiger partial charge in [-0.15, -0.1) is 0 Å². The summed E-state index contributed by atoms with van der Waals surface area (Å²) in [6, 6.07) is 59.2. The van der Waals surface area contributed by atoms with Crippen LogP contribution in [-0.2, 0) is 0 Å². The summed E-state index contributed by atoms with van der Waals surface area (Å²) < 4.78 is 6.36. The summed E-state index contributed by atoms with van der Waals surface area (Å²) in [7, 11) is 0. The molecule has 0 fully saturated rings. The number of benzene rings is 9. The first-order chi connectivity index (χ1) is 22.8. The fourth-order valence-electron chi connectivity index (χ4n) is 7.53. The fourth-order valence-corrected chi connectivity index (χ4v) is 7.53. The summed E-state index contributed by atoms with van der Waals surface area (Å²) in [5.41, 5.74) is 5.24. The van der Waals surface area contributed by atoms with E-state index in [2.05, 4.69) is 163 Å². The predicted molar refractivity (Wildman–Crippen MR) is 196 cm³/mol. The summed E-state index contributed by atoms with van der Waals surface area (Å²) >= 11 is 0. The minimum Gasteiger partial charge on any atom is -0.456 e. The van der Waals surface area contributed by atoms with Gasteiger partial charge in [0.15, 0.2) is 0 Å². The number of para-hydroxylation sites is 1. The Morgan fingerprint density at radius 2 is 0.848 bits per heavy atom. The van der Waals surface area contributed by atoms with Crippen molar-refractivity contribution >= 4 is 92.9 Å². The van der Waals surface area contributed by atoms with Crippen molar-refractivity contribution in [1.29, 1.82) is 0 Å². The van der Waals surface area contributed by atoms with E-state index in [0.29, 0.717) is 0 Å². The van der Waals surface area contributed by atoms with E-state index in [-0.39, 0.29) is 0 Å². The van der Waals surface area contributed by atoms with Gasteiger partial charge in [-0.25, -0.2) is 0 Å². The van der Waals surface area contributed by atoms with Crippen LogP contribution in [0.15, 0.2) is 168 Å². The molecule has 46 heavy (non-hydrogen) atoms. The molecule has 0 spiro atoms. The molecule has 0 amide bonds. The Hall–Kier alpha value is -6.12. The average Bonchev–Trinajstić information content (AvgIpc) is 3.50. The number of hydrogen-bond acceptors (Lipinski definition) is 2. The van der Waals surface area contributed by atoms with Gasteiger partial charge < -0.3 is 9.32 Å². The summed E-state index contributed by atoms with van der Waals surface area (Å²) in [6.07, 6.45) is 0. The number of hydrogen-bond donors (Lipinski definition) is 0. The highest BCUT2D eigenvalue weighted by Crippen LogP contribution is 2.47. The first kappa shape index (κ1) is 25.2. The van der Waals surface area contributed by atoms with Crippen LogP contribution >= 0.6 is 0 Å². The zero-order valence-corrected chi connectivity index (χ0v) is 24.9. The van der Waals surface area contributed by atoms with Gasteiger partial charge in [0.05, 0.1) is 5.69 Å². The van der Waals surface area contributed by atoms with E-state index in [1.54, 1.807) is 0 Å². The number of fused-ring (bicyclic) bond motifs is 12. The molecule has 2 heteroatoms. The number of nitrogens with zero attached hydrogens (tertiary/aromatic N) is 1. The van der Waals surface area contributed by atoms with Crippen molar-refractivity contribution in [2.45, 2.75) is 0 Å². The molecule has 0 N–H and O–H groups in total. The number of furan rings is 1. The largest absolute Gasteiger partial charge is 0.456 e. The van der Waals surface area contributed by atoms with E-state index in [1.807, 2.05) is 6.07 Å². The standard InChI is InChI=1S/C44H27NO/c1-3-12-30-26-32(22-20-28(30)10-1)45(33-23-21-29-11-2-4-13-31(29)27-33)39-18-9-17-35-37-24-25-41-44(38-16-7-8-19-40(38)46-41)43(37)36-15-6-5-14-34(36)42(35)39/h1-27H. The van der Waals surface area contributed by atoms with Crippen LogP contribution in [-0.4, -0.2) is 0 Å². The van der Waals surface area contributed by atoms with Crippen LogP contribution in [0.2, 0.25) is 0 Å². The van der Waals surface area contributed by atoms with E-state index in [0.717, 1.165) is 33.6 Å². The van der Waals surface area contributed by atoms with Gasteiger partial charge in [0.25, 0.3) is 0 Å². The van der Waals surface area contributed by atoms with Crippen LogP contribution in [0.5, 0.6) is 0 Å². The average molecular weight is 586 g/mol. The molecule has 0 atom stereocenters. The molecule has 214 valence electrons. The van der Waals surface area contributed by atoms with Gasteiger partial charge >= 0.3 is 0 Å². The Morgan fingerprint density at radius 3 is 1.52 bits per heavy atom. The summed E-state index contributed by atoms with van der Waals surface area (Å²) in [5.74, 6) is 0. The lowest BCUT2D eigenvalue weighted by Crippen LogP contribution is -2.10. The molecule has 0 saturated heterocycles. The minimum absolute atomic E-state index is 0.918. The van der Waals surface area contributed by atoms with E-state index in [4.69, 9.17) is 4.42 Å². The molecule has 1 aromatic heterocycles. The zero-order chi connectivity index (χ0) is 30.2. The molecule has 2 nitrogen and oxygen atoms in total. The molecule has 0 saturated carbocycles. The lowest BCUT2D eigenvalue weighted by atomic mass is 9.90. The van der Waals surface area contributed by atoms with Crippen LogP contribution in [0.4, 0.5) is 17.1 Å². The molecule has 0 bridgehead atoms. The molecule has 10 aromatic rings. The molecule has 10 rings (SSSR count). The van der Waals surface area contributed by atoms with Crippen LogP contribution in [0.25, 0.3) is 75.8 Å². The molecule has 1 heterocycles. The van der Waals surface area contributed by atoms with Gasteiger partial charge in [0, 0.05) is 32.9 Å². The van der Waals surface area contributed by atoms with Gasteiger partial charge in [-0.2, -0.15) is 0 Å². The molecule has 0 aliphatic carbocycles. The Bertz CT molecular complexity index is 2720. The van der Waals surface area contributed by atoms with Gasteiger partial charge in [0.1, 0.15) is 11.2 Å². The van der Waals surface area contributed by atoms with Crippen molar-refractivity contribution in [3.8, 4) is 0 Å². The first-order valence-electron chi connectivity index (χ1n) is 15.8. The van der Waals surface area contributed by atoms with Crippen LogP contribution in [0.1, 0.15) is 0 Å². The highest BCUT2D eigenvalue weighted by Gasteiger charge is 2.21. The maximum absolute atomic E-state index is 6.36. The van der Waals surface area contributed by atoms with Crippen molar-refractivity contribution in [2.75, 3.05) is 4.90 Å². The minimum atomic E-state index is 0.918. The third-order valence-corrected chi connectivity index (χ3v) is 9.57. The van der Waals surface area contributed by atoms with Crippen LogP contribution in [0, 0.1) is 0 Å². The highest BCUT2D eigenvalue weighted by molar-refractivity contribution is 6.36. The lowest BCUT2D eigenvalue weighted by molar-refractivity contribution is 0.669. The quantitative estimate of drug-likeness (QED) is 0.192. The SMILES string of the molecule is c1ccc2cc(N(c3ccc4ccccc4c3)c3cccc4c5ccc6oc7ccccc7c6c5c5ccccc5c34)ccc2c1. The molecule has 0 radical (unpaired) electrons. The zero-order valence-electron chi connectivity index (χ0n) is 24.9. The van der Waals surface area contributed by atoms with E-state index >= 15 is 0 Å².